The molecule has 3 saturated heterocycles. The molecule has 34 heavy (non-hydrogen) atoms. The maximum Gasteiger partial charge on any atom is 0.290 e. The normalized spacial score (nSPS) is 26.5. The largest absolute Gasteiger partial charge is 0.483 e. The Hall–Kier alpha value is -3.20. The van der Waals surface area contributed by atoms with Gasteiger partial charge in [0.25, 0.3) is 6.47 Å². The Morgan fingerprint density at radius 3 is 2.79 bits per heavy atom. The minimum atomic E-state index is -0.250. The zero-order chi connectivity index (χ0) is 24.3. The molecule has 1 aromatic heterocycles. The van der Waals surface area contributed by atoms with Crippen LogP contribution in [0.5, 0.6) is 0 Å². The first-order chi connectivity index (χ1) is 16.4. The number of ether oxygens (including phenoxy) is 1. The molecule has 0 aliphatic carbocycles. The van der Waals surface area contributed by atoms with Crippen molar-refractivity contribution in [3.05, 3.63) is 53.1 Å². The molecule has 3 aliphatic heterocycles. The summed E-state index contributed by atoms with van der Waals surface area (Å²) in [5.74, 6) is 0.702. The van der Waals surface area contributed by atoms with Crippen LogP contribution in [-0.4, -0.2) is 69.6 Å². The summed E-state index contributed by atoms with van der Waals surface area (Å²) in [6.45, 7) is 5.70. The third-order valence-electron chi connectivity index (χ3n) is 7.54. The van der Waals surface area contributed by atoms with Crippen molar-refractivity contribution in [1.82, 2.24) is 20.2 Å². The molecule has 2 aromatic rings. The van der Waals surface area contributed by atoms with Gasteiger partial charge in [0.05, 0.1) is 43.1 Å². The molecule has 4 atom stereocenters. The number of likely N-dealkylation sites (tertiary alicyclic amines) is 1. The molecule has 5 rings (SSSR count). The number of aromatic nitrogens is 2. The smallest absolute Gasteiger partial charge is 0.290 e. The molecular weight excluding hydrogens is 436 g/mol. The van der Waals surface area contributed by atoms with Crippen LogP contribution >= 0.6 is 0 Å². The second kappa shape index (κ2) is 9.97. The first kappa shape index (κ1) is 23.9. The molecule has 1 spiro atoms. The molecule has 9 nitrogen and oxygen atoms in total. The van der Waals surface area contributed by atoms with Gasteiger partial charge >= 0.3 is 0 Å². The SMILES string of the molecule is Cc1ccccc1CC(=O)NC[C@H]1[C@H]2CN(C(=O)Cc3nc[nH]c3C)C[C@]23CC[C@H]1O3.O=CO. The number of nitrogens with zero attached hydrogens (tertiary/aromatic N) is 2. The standard InChI is InChI=1S/C24H30N4O3.CH2O2/c1-15-5-3-4-6-17(15)9-22(29)25-11-18-19-12-28(13-24(19)8-7-21(18)31-24)23(30)10-20-16(2)26-14-27-20;2-1-3/h3-6,14,18-19,21H,7-13H2,1-2H3,(H,25,29)(H,26,27);1H,(H,2,3)/t18-,19+,21+,24+;/m0./s1. The van der Waals surface area contributed by atoms with Crippen molar-refractivity contribution in [2.75, 3.05) is 19.6 Å². The second-order valence-corrected chi connectivity index (χ2v) is 9.47. The van der Waals surface area contributed by atoms with Gasteiger partial charge in [0, 0.05) is 30.6 Å². The van der Waals surface area contributed by atoms with Gasteiger partial charge in [-0.25, -0.2) is 4.98 Å². The molecule has 4 heterocycles. The number of aryl methyl sites for hydroxylation is 2. The lowest BCUT2D eigenvalue weighted by molar-refractivity contribution is -0.131. The van der Waals surface area contributed by atoms with E-state index >= 15 is 0 Å². The van der Waals surface area contributed by atoms with Crippen molar-refractivity contribution in [2.45, 2.75) is 51.2 Å². The van der Waals surface area contributed by atoms with E-state index in [1.807, 2.05) is 43.0 Å². The van der Waals surface area contributed by atoms with E-state index < -0.39 is 0 Å². The molecule has 0 radical (unpaired) electrons. The summed E-state index contributed by atoms with van der Waals surface area (Å²) >= 11 is 0. The molecule has 2 bridgehead atoms. The van der Waals surface area contributed by atoms with Gasteiger partial charge in [0.2, 0.25) is 11.8 Å². The van der Waals surface area contributed by atoms with E-state index in [9.17, 15) is 9.59 Å². The van der Waals surface area contributed by atoms with E-state index in [-0.39, 0.29) is 41.8 Å². The molecule has 0 unspecified atom stereocenters. The summed E-state index contributed by atoms with van der Waals surface area (Å²) < 4.78 is 6.44. The monoisotopic (exact) mass is 468 g/mol. The predicted octanol–water partition coefficient (Wildman–Crippen LogP) is 1.63. The first-order valence-corrected chi connectivity index (χ1v) is 11.7. The van der Waals surface area contributed by atoms with Crippen LogP contribution in [0.25, 0.3) is 0 Å². The number of carbonyl (C=O) groups is 3. The molecule has 0 saturated carbocycles. The zero-order valence-electron chi connectivity index (χ0n) is 19.6. The third kappa shape index (κ3) is 4.70. The van der Waals surface area contributed by atoms with E-state index in [0.717, 1.165) is 35.4 Å². The van der Waals surface area contributed by atoms with Crippen molar-refractivity contribution in [2.24, 2.45) is 11.8 Å². The topological polar surface area (TPSA) is 125 Å². The lowest BCUT2D eigenvalue weighted by Crippen LogP contribution is -2.42. The molecule has 2 amide bonds. The minimum Gasteiger partial charge on any atom is -0.483 e. The molecule has 1 aromatic carbocycles. The lowest BCUT2D eigenvalue weighted by atomic mass is 9.73. The Bertz CT molecular complexity index is 1050. The average Bonchev–Trinajstić information content (AvgIpc) is 3.56. The van der Waals surface area contributed by atoms with Gasteiger partial charge in [0.15, 0.2) is 0 Å². The summed E-state index contributed by atoms with van der Waals surface area (Å²) in [5.41, 5.74) is 3.72. The van der Waals surface area contributed by atoms with Crippen molar-refractivity contribution in [3.8, 4) is 0 Å². The summed E-state index contributed by atoms with van der Waals surface area (Å²) in [6, 6.07) is 8.00. The molecule has 9 heteroatoms. The lowest BCUT2D eigenvalue weighted by Gasteiger charge is -2.29. The van der Waals surface area contributed by atoms with Gasteiger partial charge in [-0.15, -0.1) is 0 Å². The van der Waals surface area contributed by atoms with Crippen LogP contribution in [0.1, 0.15) is 35.4 Å². The van der Waals surface area contributed by atoms with E-state index in [4.69, 9.17) is 14.6 Å². The minimum absolute atomic E-state index is 0.0473. The van der Waals surface area contributed by atoms with Gasteiger partial charge in [-0.2, -0.15) is 0 Å². The van der Waals surface area contributed by atoms with E-state index in [0.29, 0.717) is 32.5 Å². The molecule has 3 fully saturated rings. The number of benzene rings is 1. The Labute approximate surface area is 198 Å². The van der Waals surface area contributed by atoms with Crippen LogP contribution in [-0.2, 0) is 32.0 Å². The van der Waals surface area contributed by atoms with E-state index in [1.165, 1.54) is 0 Å². The second-order valence-electron chi connectivity index (χ2n) is 9.47. The fourth-order valence-electron chi connectivity index (χ4n) is 5.75. The summed E-state index contributed by atoms with van der Waals surface area (Å²) in [4.78, 5) is 43.1. The number of carboxylic acid groups (broad SMARTS) is 1. The molecule has 3 N–H and O–H groups in total. The number of rotatable bonds is 6. The Morgan fingerprint density at radius 2 is 2.09 bits per heavy atom. The van der Waals surface area contributed by atoms with Crippen molar-refractivity contribution >= 4 is 18.3 Å². The predicted molar refractivity (Wildman–Crippen MR) is 124 cm³/mol. The average molecular weight is 469 g/mol. The van der Waals surface area contributed by atoms with Crippen LogP contribution in [0.4, 0.5) is 0 Å². The van der Waals surface area contributed by atoms with Gasteiger partial charge in [-0.1, -0.05) is 24.3 Å². The van der Waals surface area contributed by atoms with E-state index in [1.54, 1.807) is 6.33 Å². The number of aromatic amines is 1. The van der Waals surface area contributed by atoms with Crippen LogP contribution in [0.3, 0.4) is 0 Å². The highest BCUT2D eigenvalue weighted by Crippen LogP contribution is 2.54. The quantitative estimate of drug-likeness (QED) is 0.554. The molecule has 182 valence electrons. The van der Waals surface area contributed by atoms with Gasteiger partial charge < -0.3 is 25.0 Å². The summed E-state index contributed by atoms with van der Waals surface area (Å²) in [5, 5.41) is 10.0. The number of nitrogens with one attached hydrogen (secondary N) is 2. The highest BCUT2D eigenvalue weighted by molar-refractivity contribution is 5.79. The number of imidazole rings is 1. The van der Waals surface area contributed by atoms with Crippen LogP contribution < -0.4 is 5.32 Å². The van der Waals surface area contributed by atoms with Crippen molar-refractivity contribution in [1.29, 1.82) is 0 Å². The fraction of sp³-hybridized carbons (Fsp3) is 0.520. The fourth-order valence-corrected chi connectivity index (χ4v) is 5.75. The number of fused-ring (bicyclic) bond motifs is 1. The zero-order valence-corrected chi connectivity index (χ0v) is 19.6. The maximum atomic E-state index is 12.9. The number of carbonyl (C=O) groups excluding carboxylic acids is 2. The number of hydrogen-bond acceptors (Lipinski definition) is 5. The summed E-state index contributed by atoms with van der Waals surface area (Å²) in [7, 11) is 0. The van der Waals surface area contributed by atoms with Crippen LogP contribution in [0.15, 0.2) is 30.6 Å². The number of hydrogen-bond donors (Lipinski definition) is 3. The van der Waals surface area contributed by atoms with Crippen molar-refractivity contribution in [3.63, 3.8) is 0 Å². The first-order valence-electron chi connectivity index (χ1n) is 11.7. The van der Waals surface area contributed by atoms with E-state index in [2.05, 4.69) is 15.3 Å². The number of H-pyrrole nitrogens is 1. The summed E-state index contributed by atoms with van der Waals surface area (Å²) in [6.07, 6.45) is 4.55. The van der Waals surface area contributed by atoms with Gasteiger partial charge in [-0.05, 0) is 37.8 Å². The van der Waals surface area contributed by atoms with Crippen LogP contribution in [0, 0.1) is 25.7 Å². The van der Waals surface area contributed by atoms with Crippen LogP contribution in [0.2, 0.25) is 0 Å². The Balaban J connectivity index is 0.000000868. The highest BCUT2D eigenvalue weighted by Gasteiger charge is 2.63. The molecular formula is C25H32N4O5. The molecule has 3 aliphatic rings. The number of amides is 2. The Morgan fingerprint density at radius 1 is 1.32 bits per heavy atom. The highest BCUT2D eigenvalue weighted by atomic mass is 16.5. The Kier molecular flexibility index (Phi) is 7.02. The third-order valence-corrected chi connectivity index (χ3v) is 7.54. The van der Waals surface area contributed by atoms with Crippen molar-refractivity contribution < 1.29 is 24.2 Å². The van der Waals surface area contributed by atoms with Gasteiger partial charge in [-0.3, -0.25) is 14.4 Å². The maximum absolute atomic E-state index is 12.9. The van der Waals surface area contributed by atoms with Gasteiger partial charge in [0.1, 0.15) is 0 Å².